The Morgan fingerprint density at radius 2 is 1.79 bits per heavy atom. The molecule has 0 bridgehead atoms. The van der Waals surface area contributed by atoms with Gasteiger partial charge >= 0.3 is 5.97 Å². The van der Waals surface area contributed by atoms with Crippen LogP contribution in [0.4, 0.5) is 0 Å². The fraction of sp³-hybridized carbons (Fsp3) is 0.167. The first-order valence-corrected chi connectivity index (χ1v) is 10.2. The molecule has 0 saturated heterocycles. The van der Waals surface area contributed by atoms with Crippen LogP contribution < -0.4 is 9.47 Å². The number of benzene rings is 2. The zero-order chi connectivity index (χ0) is 23.8. The van der Waals surface area contributed by atoms with Gasteiger partial charge in [0.25, 0.3) is 5.90 Å². The Kier molecular flexibility index (Phi) is 7.19. The molecule has 0 aliphatic carbocycles. The van der Waals surface area contributed by atoms with E-state index < -0.39 is 5.97 Å². The zero-order valence-corrected chi connectivity index (χ0v) is 18.5. The molecule has 0 fully saturated rings. The third-order valence-corrected chi connectivity index (χ3v) is 4.51. The molecule has 1 aliphatic heterocycles. The molecule has 0 saturated carbocycles. The van der Waals surface area contributed by atoms with Crippen LogP contribution in [0.1, 0.15) is 11.1 Å². The van der Waals surface area contributed by atoms with Crippen LogP contribution in [0.2, 0.25) is 0 Å². The van der Waals surface area contributed by atoms with Gasteiger partial charge in [-0.15, -0.1) is 0 Å². The molecule has 4 rings (SSSR count). The summed E-state index contributed by atoms with van der Waals surface area (Å²) in [6.07, 6.45) is 2.60. The van der Waals surface area contributed by atoms with Crippen LogP contribution in [0.15, 0.2) is 72.3 Å². The van der Waals surface area contributed by atoms with Crippen LogP contribution in [0, 0.1) is 0 Å². The number of para-hydroxylation sites is 1. The minimum absolute atomic E-state index is 0.194. The average Bonchev–Trinajstić information content (AvgIpc) is 2.88. The second-order valence-corrected chi connectivity index (χ2v) is 6.76. The average molecular weight is 463 g/mol. The van der Waals surface area contributed by atoms with Gasteiger partial charge in [-0.3, -0.25) is 0 Å². The number of carbonyl (C=O) groups excluding carboxylic acids is 1. The van der Waals surface area contributed by atoms with E-state index in [-0.39, 0.29) is 17.3 Å². The fourth-order valence-corrected chi connectivity index (χ4v) is 3.03. The summed E-state index contributed by atoms with van der Waals surface area (Å²) in [7, 11) is 2.73. The minimum Gasteiger partial charge on any atom is -0.503 e. The summed E-state index contributed by atoms with van der Waals surface area (Å²) in [5.74, 6) is 1.16. The highest BCUT2D eigenvalue weighted by Crippen LogP contribution is 2.31. The van der Waals surface area contributed by atoms with Crippen LogP contribution in [-0.2, 0) is 23.8 Å². The van der Waals surface area contributed by atoms with Crippen LogP contribution in [0.5, 0.6) is 23.3 Å². The van der Waals surface area contributed by atoms with Gasteiger partial charge in [-0.05, 0) is 29.4 Å². The highest BCUT2D eigenvalue weighted by atomic mass is 16.7. The lowest BCUT2D eigenvalue weighted by Gasteiger charge is -2.14. The molecular weight excluding hydrogens is 442 g/mol. The standard InChI is InChI=1S/C24H21N3O7/c1-29-14-19(24(28)30-2)18-8-3-4-9-20(18)34-22-13-21(25-15-26-22)33-17-7-5-6-16(12-17)23-27-32-11-10-31-23/h3-9,12-15H,10-11H2,1-2H3/b19-14+. The largest absolute Gasteiger partial charge is 0.503 e. The summed E-state index contributed by atoms with van der Waals surface area (Å²) < 4.78 is 27.2. The molecule has 2 heterocycles. The van der Waals surface area contributed by atoms with Crippen molar-refractivity contribution in [1.82, 2.24) is 9.97 Å². The van der Waals surface area contributed by atoms with E-state index in [2.05, 4.69) is 15.1 Å². The second-order valence-electron chi connectivity index (χ2n) is 6.76. The molecule has 0 N–H and O–H groups in total. The van der Waals surface area contributed by atoms with E-state index in [9.17, 15) is 4.79 Å². The second kappa shape index (κ2) is 10.8. The van der Waals surface area contributed by atoms with Gasteiger partial charge in [0, 0.05) is 11.1 Å². The smallest absolute Gasteiger partial charge is 0.341 e. The van der Waals surface area contributed by atoms with Crippen molar-refractivity contribution in [2.24, 2.45) is 5.16 Å². The SMILES string of the molecule is CO/C=C(/C(=O)OC)c1ccccc1Oc1cc(Oc2cccc(C3=NOCCO3)c2)ncn1. The third-order valence-electron chi connectivity index (χ3n) is 4.51. The molecule has 174 valence electrons. The lowest BCUT2D eigenvalue weighted by molar-refractivity contribution is -0.133. The Balaban J connectivity index is 1.55. The van der Waals surface area contributed by atoms with Gasteiger partial charge in [0.1, 0.15) is 30.0 Å². The molecule has 0 amide bonds. The van der Waals surface area contributed by atoms with Gasteiger partial charge in [0.2, 0.25) is 11.8 Å². The lowest BCUT2D eigenvalue weighted by Crippen LogP contribution is -2.16. The van der Waals surface area contributed by atoms with Crippen molar-refractivity contribution in [3.63, 3.8) is 0 Å². The number of nitrogens with zero attached hydrogens (tertiary/aromatic N) is 3. The number of esters is 1. The van der Waals surface area contributed by atoms with E-state index in [1.54, 1.807) is 42.5 Å². The number of oxime groups is 1. The molecule has 10 heteroatoms. The molecule has 0 unspecified atom stereocenters. The monoisotopic (exact) mass is 463 g/mol. The molecule has 0 radical (unpaired) electrons. The molecule has 2 aromatic carbocycles. The maximum absolute atomic E-state index is 12.2. The van der Waals surface area contributed by atoms with Crippen molar-refractivity contribution in [3.05, 3.63) is 78.3 Å². The molecule has 0 atom stereocenters. The Morgan fingerprint density at radius 3 is 2.56 bits per heavy atom. The molecular formula is C24H21N3O7. The van der Waals surface area contributed by atoms with E-state index in [0.29, 0.717) is 41.7 Å². The van der Waals surface area contributed by atoms with Gasteiger partial charge in [0.15, 0.2) is 6.61 Å². The highest BCUT2D eigenvalue weighted by molar-refractivity contribution is 6.17. The van der Waals surface area contributed by atoms with Gasteiger partial charge < -0.3 is 28.5 Å². The van der Waals surface area contributed by atoms with E-state index in [1.807, 2.05) is 6.07 Å². The van der Waals surface area contributed by atoms with Gasteiger partial charge in [0.05, 0.1) is 26.5 Å². The van der Waals surface area contributed by atoms with E-state index >= 15 is 0 Å². The van der Waals surface area contributed by atoms with Gasteiger partial charge in [-0.2, -0.15) is 0 Å². The third kappa shape index (κ3) is 5.41. The van der Waals surface area contributed by atoms with Crippen LogP contribution in [0.3, 0.4) is 0 Å². The van der Waals surface area contributed by atoms with Crippen LogP contribution in [-0.4, -0.2) is 49.3 Å². The van der Waals surface area contributed by atoms with E-state index in [1.165, 1.54) is 32.9 Å². The quantitative estimate of drug-likeness (QED) is 0.279. The number of ether oxygens (including phenoxy) is 5. The fourth-order valence-electron chi connectivity index (χ4n) is 3.03. The predicted molar refractivity (Wildman–Crippen MR) is 121 cm³/mol. The predicted octanol–water partition coefficient (Wildman–Crippen LogP) is 3.93. The Labute approximate surface area is 195 Å². The van der Waals surface area contributed by atoms with Crippen LogP contribution in [0.25, 0.3) is 5.57 Å². The number of rotatable bonds is 8. The maximum atomic E-state index is 12.2. The Hall–Kier alpha value is -4.60. The topological polar surface area (TPSA) is 111 Å². The summed E-state index contributed by atoms with van der Waals surface area (Å²) in [5.41, 5.74) is 1.37. The summed E-state index contributed by atoms with van der Waals surface area (Å²) >= 11 is 0. The number of hydrogen-bond donors (Lipinski definition) is 0. The van der Waals surface area contributed by atoms with Gasteiger partial charge in [-0.1, -0.05) is 24.3 Å². The first kappa shape index (κ1) is 22.6. The van der Waals surface area contributed by atoms with Crippen molar-refractivity contribution in [1.29, 1.82) is 0 Å². The summed E-state index contributed by atoms with van der Waals surface area (Å²) in [5, 5.41) is 3.91. The highest BCUT2D eigenvalue weighted by Gasteiger charge is 2.19. The number of carbonyl (C=O) groups is 1. The number of methoxy groups -OCH3 is 2. The normalized spacial score (nSPS) is 13.1. The van der Waals surface area contributed by atoms with E-state index in [0.717, 1.165) is 0 Å². The molecule has 3 aromatic rings. The van der Waals surface area contributed by atoms with Gasteiger partial charge in [-0.25, -0.2) is 14.8 Å². The maximum Gasteiger partial charge on any atom is 0.341 e. The van der Waals surface area contributed by atoms with Crippen molar-refractivity contribution in [2.75, 3.05) is 27.4 Å². The summed E-state index contributed by atoms with van der Waals surface area (Å²) in [4.78, 5) is 25.6. The van der Waals surface area contributed by atoms with Crippen molar-refractivity contribution in [3.8, 4) is 23.3 Å². The number of aromatic nitrogens is 2. The number of hydrogen-bond acceptors (Lipinski definition) is 10. The van der Waals surface area contributed by atoms with Crippen LogP contribution >= 0.6 is 0 Å². The Morgan fingerprint density at radius 1 is 0.971 bits per heavy atom. The molecule has 1 aliphatic rings. The first-order chi connectivity index (χ1) is 16.7. The first-order valence-electron chi connectivity index (χ1n) is 10.2. The van der Waals surface area contributed by atoms with Crippen molar-refractivity contribution >= 4 is 17.4 Å². The molecule has 0 spiro atoms. The van der Waals surface area contributed by atoms with Crippen molar-refractivity contribution < 1.29 is 33.3 Å². The van der Waals surface area contributed by atoms with Crippen molar-refractivity contribution in [2.45, 2.75) is 0 Å². The minimum atomic E-state index is -0.568. The van der Waals surface area contributed by atoms with E-state index in [4.69, 9.17) is 28.5 Å². The summed E-state index contributed by atoms with van der Waals surface area (Å²) in [6.45, 7) is 0.837. The lowest BCUT2D eigenvalue weighted by atomic mass is 10.1. The zero-order valence-electron chi connectivity index (χ0n) is 18.5. The molecule has 1 aromatic heterocycles. The molecule has 34 heavy (non-hydrogen) atoms. The Bertz CT molecular complexity index is 1230. The summed E-state index contributed by atoms with van der Waals surface area (Å²) in [6, 6.07) is 15.6. The molecule has 10 nitrogen and oxygen atoms in total.